The molecule has 1 fully saturated rings. The number of alkyl halides is 2. The predicted molar refractivity (Wildman–Crippen MR) is 81.3 cm³/mol. The Kier molecular flexibility index (Phi) is 5.72. The lowest BCUT2D eigenvalue weighted by Crippen LogP contribution is -2.33. The molecule has 124 valence electrons. The number of halogens is 3. The number of aryl methyl sites for hydroxylation is 1. The molecule has 5 nitrogen and oxygen atoms in total. The molecular formula is C15H16ClF2N3O2. The van der Waals surface area contributed by atoms with Gasteiger partial charge in [-0.05, 0) is 19.3 Å². The Bertz CT molecular complexity index is 686. The van der Waals surface area contributed by atoms with Gasteiger partial charge >= 0.3 is 0 Å². The van der Waals surface area contributed by atoms with Gasteiger partial charge in [0.1, 0.15) is 6.67 Å². The molecule has 0 radical (unpaired) electrons. The highest BCUT2D eigenvalue weighted by Gasteiger charge is 2.32. The first-order valence-corrected chi connectivity index (χ1v) is 7.70. The Labute approximate surface area is 136 Å². The summed E-state index contributed by atoms with van der Waals surface area (Å²) in [6.07, 6.45) is 2.61. The molecule has 1 N–H and O–H groups in total. The minimum Gasteiger partial charge on any atom is -0.324 e. The molecule has 0 spiro atoms. The van der Waals surface area contributed by atoms with Crippen molar-refractivity contribution in [3.05, 3.63) is 28.4 Å². The third-order valence-corrected chi connectivity index (χ3v) is 4.43. The highest BCUT2D eigenvalue weighted by molar-refractivity contribution is 6.21. The van der Waals surface area contributed by atoms with E-state index >= 15 is 0 Å². The quantitative estimate of drug-likeness (QED) is 0.853. The summed E-state index contributed by atoms with van der Waals surface area (Å²) in [5.41, 5.74) is -0.843. The van der Waals surface area contributed by atoms with Crippen LogP contribution in [0.15, 0.2) is 17.1 Å². The fraction of sp³-hybridized carbons (Fsp3) is 0.533. The summed E-state index contributed by atoms with van der Waals surface area (Å²) in [7, 11) is 0. The molecule has 1 heterocycles. The topological polar surface area (TPSA) is 74.9 Å². The van der Waals surface area contributed by atoms with Gasteiger partial charge in [0.25, 0.3) is 5.56 Å². The summed E-state index contributed by atoms with van der Waals surface area (Å²) in [6.45, 7) is -1.10. The Morgan fingerprint density at radius 3 is 2.87 bits per heavy atom. The second-order valence-corrected chi connectivity index (χ2v) is 6.08. The second-order valence-electron chi connectivity index (χ2n) is 5.52. The van der Waals surface area contributed by atoms with E-state index in [-0.39, 0.29) is 30.0 Å². The average molecular weight is 344 g/mol. The molecule has 8 heteroatoms. The summed E-state index contributed by atoms with van der Waals surface area (Å²) in [4.78, 5) is 23.7. The Morgan fingerprint density at radius 2 is 2.26 bits per heavy atom. The molecule has 3 unspecified atom stereocenters. The van der Waals surface area contributed by atoms with Crippen LogP contribution in [0.3, 0.4) is 0 Å². The van der Waals surface area contributed by atoms with Gasteiger partial charge in [0, 0.05) is 18.2 Å². The molecule has 0 aliphatic heterocycles. The largest absolute Gasteiger partial charge is 0.324 e. The number of nitriles is 1. The molecule has 1 aromatic rings. The van der Waals surface area contributed by atoms with Gasteiger partial charge in [0.15, 0.2) is 5.82 Å². The molecule has 3 atom stereocenters. The van der Waals surface area contributed by atoms with Crippen LogP contribution < -0.4 is 10.9 Å². The first kappa shape index (κ1) is 17.4. The summed E-state index contributed by atoms with van der Waals surface area (Å²) < 4.78 is 26.8. The van der Waals surface area contributed by atoms with Crippen molar-refractivity contribution in [3.8, 4) is 6.07 Å². The van der Waals surface area contributed by atoms with Crippen LogP contribution >= 0.6 is 11.6 Å². The molecule has 23 heavy (non-hydrogen) atoms. The molecular weight excluding hydrogens is 328 g/mol. The number of rotatable bonds is 4. The van der Waals surface area contributed by atoms with E-state index < -0.39 is 23.4 Å². The monoisotopic (exact) mass is 343 g/mol. The van der Waals surface area contributed by atoms with Crippen molar-refractivity contribution < 1.29 is 13.6 Å². The summed E-state index contributed by atoms with van der Waals surface area (Å²) in [5.74, 6) is -2.06. The first-order chi connectivity index (χ1) is 11.0. The third-order valence-electron chi connectivity index (χ3n) is 3.94. The van der Waals surface area contributed by atoms with Crippen molar-refractivity contribution in [2.24, 2.45) is 11.8 Å². The SMILES string of the molecule is N#CC1CCC(C(=O)Nc2cc(F)c(=O)n(CCF)c2)CC1Cl. The van der Waals surface area contributed by atoms with Crippen molar-refractivity contribution in [1.82, 2.24) is 4.57 Å². The zero-order chi connectivity index (χ0) is 17.0. The van der Waals surface area contributed by atoms with Crippen molar-refractivity contribution in [2.75, 3.05) is 12.0 Å². The number of anilines is 1. The maximum atomic E-state index is 13.6. The molecule has 0 saturated heterocycles. The summed E-state index contributed by atoms with van der Waals surface area (Å²) in [6, 6.07) is 3.02. The van der Waals surface area contributed by atoms with Crippen molar-refractivity contribution >= 4 is 23.2 Å². The van der Waals surface area contributed by atoms with E-state index in [1.807, 2.05) is 0 Å². The van der Waals surface area contributed by atoms with Crippen LogP contribution in [0.2, 0.25) is 0 Å². The number of nitrogens with one attached hydrogen (secondary N) is 1. The maximum absolute atomic E-state index is 13.6. The number of nitrogens with zero attached hydrogens (tertiary/aromatic N) is 2. The van der Waals surface area contributed by atoms with Crippen LogP contribution in [-0.4, -0.2) is 22.5 Å². The second kappa shape index (κ2) is 7.55. The van der Waals surface area contributed by atoms with Gasteiger partial charge in [-0.2, -0.15) is 5.26 Å². The number of hydrogen-bond donors (Lipinski definition) is 1. The number of hydrogen-bond acceptors (Lipinski definition) is 3. The van der Waals surface area contributed by atoms with Crippen LogP contribution in [0.25, 0.3) is 0 Å². The van der Waals surface area contributed by atoms with Crippen molar-refractivity contribution in [1.29, 1.82) is 5.26 Å². The molecule has 0 aromatic carbocycles. The molecule has 1 aliphatic rings. The van der Waals surface area contributed by atoms with E-state index in [2.05, 4.69) is 11.4 Å². The van der Waals surface area contributed by atoms with Crippen LogP contribution in [0.5, 0.6) is 0 Å². The van der Waals surface area contributed by atoms with Crippen molar-refractivity contribution in [3.63, 3.8) is 0 Å². The van der Waals surface area contributed by atoms with E-state index in [0.29, 0.717) is 19.3 Å². The summed E-state index contributed by atoms with van der Waals surface area (Å²) >= 11 is 6.09. The standard InChI is InChI=1S/C15H16ClF2N3O2/c16-12-5-9(1-2-10(12)7-19)14(22)20-11-6-13(18)15(23)21(8-11)4-3-17/h6,8-10,12H,1-5H2,(H,20,22). The molecule has 1 aliphatic carbocycles. The van der Waals surface area contributed by atoms with E-state index in [1.54, 1.807) is 0 Å². The Morgan fingerprint density at radius 1 is 1.52 bits per heavy atom. The number of carbonyl (C=O) groups is 1. The Balaban J connectivity index is 2.09. The third kappa shape index (κ3) is 4.08. The van der Waals surface area contributed by atoms with Crippen molar-refractivity contribution in [2.45, 2.75) is 31.2 Å². The van der Waals surface area contributed by atoms with Gasteiger partial charge in [-0.15, -0.1) is 11.6 Å². The fourth-order valence-electron chi connectivity index (χ4n) is 2.67. The van der Waals surface area contributed by atoms with E-state index in [1.165, 1.54) is 6.20 Å². The van der Waals surface area contributed by atoms with E-state index in [4.69, 9.17) is 16.9 Å². The lowest BCUT2D eigenvalue weighted by molar-refractivity contribution is -0.120. The van der Waals surface area contributed by atoms with E-state index in [0.717, 1.165) is 10.6 Å². The molecule has 1 amide bonds. The number of pyridine rings is 1. The van der Waals surface area contributed by atoms with Gasteiger partial charge in [-0.25, -0.2) is 8.78 Å². The normalized spacial score (nSPS) is 24.0. The van der Waals surface area contributed by atoms with Gasteiger partial charge in [-0.3, -0.25) is 9.59 Å². The van der Waals surface area contributed by atoms with Crippen LogP contribution in [0.4, 0.5) is 14.5 Å². The van der Waals surface area contributed by atoms with Gasteiger partial charge in [0.05, 0.1) is 29.6 Å². The van der Waals surface area contributed by atoms with Gasteiger partial charge < -0.3 is 9.88 Å². The van der Waals surface area contributed by atoms with Gasteiger partial charge in [0.2, 0.25) is 5.91 Å². The first-order valence-electron chi connectivity index (χ1n) is 7.26. The lowest BCUT2D eigenvalue weighted by atomic mass is 9.82. The highest BCUT2D eigenvalue weighted by atomic mass is 35.5. The van der Waals surface area contributed by atoms with Crippen LogP contribution in [0, 0.1) is 29.0 Å². The predicted octanol–water partition coefficient (Wildman–Crippen LogP) is 2.44. The minimum absolute atomic E-state index is 0.0917. The molecule has 0 bridgehead atoms. The molecule has 2 rings (SSSR count). The van der Waals surface area contributed by atoms with E-state index in [9.17, 15) is 18.4 Å². The molecule has 1 aromatic heterocycles. The zero-order valence-electron chi connectivity index (χ0n) is 12.3. The summed E-state index contributed by atoms with van der Waals surface area (Å²) in [5, 5.41) is 11.0. The highest BCUT2D eigenvalue weighted by Crippen LogP contribution is 2.33. The fourth-order valence-corrected chi connectivity index (χ4v) is 3.07. The number of carbonyl (C=O) groups excluding carboxylic acids is 1. The average Bonchev–Trinajstić information content (AvgIpc) is 2.52. The Hall–Kier alpha value is -1.94. The zero-order valence-corrected chi connectivity index (χ0v) is 13.0. The molecule has 1 saturated carbocycles. The van der Waals surface area contributed by atoms with Gasteiger partial charge in [-0.1, -0.05) is 0 Å². The smallest absolute Gasteiger partial charge is 0.286 e. The number of amides is 1. The van der Waals surface area contributed by atoms with Crippen LogP contribution in [-0.2, 0) is 11.3 Å². The minimum atomic E-state index is -1.06. The van der Waals surface area contributed by atoms with Crippen LogP contribution in [0.1, 0.15) is 19.3 Å². The lowest BCUT2D eigenvalue weighted by Gasteiger charge is -2.28. The number of aromatic nitrogens is 1. The maximum Gasteiger partial charge on any atom is 0.286 e.